The van der Waals surface area contributed by atoms with E-state index >= 15 is 0 Å². The third-order valence-electron chi connectivity index (χ3n) is 1.60. The molecule has 0 spiro atoms. The molecule has 0 unspecified atom stereocenters. The molecule has 74 valence electrons. The molecule has 0 N–H and O–H groups in total. The summed E-state index contributed by atoms with van der Waals surface area (Å²) in [5.41, 5.74) is 0.604. The highest BCUT2D eigenvalue weighted by molar-refractivity contribution is 6.21. The van der Waals surface area contributed by atoms with Crippen LogP contribution in [0.5, 0.6) is 0 Å². The molecule has 0 saturated carbocycles. The molecule has 0 fully saturated rings. The Bertz CT molecular complexity index is 361. The average molecular weight is 215 g/mol. The molecule has 5 nitrogen and oxygen atoms in total. The second-order valence-electron chi connectivity index (χ2n) is 2.40. The molecule has 0 atom stereocenters. The molecule has 0 saturated heterocycles. The maximum atomic E-state index is 10.3. The van der Waals surface area contributed by atoms with Gasteiger partial charge in [0, 0.05) is 29.5 Å². The highest BCUT2D eigenvalue weighted by Gasteiger charge is 2.07. The third kappa shape index (κ3) is 2.20. The van der Waals surface area contributed by atoms with Crippen molar-refractivity contribution in [1.82, 2.24) is 0 Å². The molecule has 0 radical (unpaired) electrons. The van der Waals surface area contributed by atoms with Crippen molar-refractivity contribution < 1.29 is 9.66 Å². The van der Waals surface area contributed by atoms with Gasteiger partial charge >= 0.3 is 0 Å². The van der Waals surface area contributed by atoms with Gasteiger partial charge in [-0.2, -0.15) is 0 Å². The third-order valence-corrected chi connectivity index (χ3v) is 1.75. The van der Waals surface area contributed by atoms with Gasteiger partial charge in [-0.1, -0.05) is 0 Å². The van der Waals surface area contributed by atoms with Crippen molar-refractivity contribution in [3.63, 3.8) is 0 Å². The largest absolute Gasteiger partial charge is 0.480 e. The summed E-state index contributed by atoms with van der Waals surface area (Å²) in [4.78, 5) is 9.86. The lowest BCUT2D eigenvalue weighted by Gasteiger charge is -2.01. The second-order valence-corrected chi connectivity index (χ2v) is 2.57. The topological polar surface area (TPSA) is 64.7 Å². The molecule has 0 aliphatic carbocycles. The number of hydrogen-bond acceptors (Lipinski definition) is 4. The van der Waals surface area contributed by atoms with Gasteiger partial charge in [0.25, 0.3) is 5.69 Å². The van der Waals surface area contributed by atoms with E-state index in [1.807, 2.05) is 0 Å². The minimum absolute atomic E-state index is 0.0128. The van der Waals surface area contributed by atoms with Crippen molar-refractivity contribution in [1.29, 1.82) is 0 Å². The fraction of sp³-hybridized carbons (Fsp3) is 0.125. The standard InChI is InChI=1S/C8H7ClN2O3/c1-14-8(10-9)6-2-4-7(5-3-6)11(12)13/h2-5H,1H3/b10-8+. The lowest BCUT2D eigenvalue weighted by Crippen LogP contribution is -2.01. The predicted molar refractivity (Wildman–Crippen MR) is 52.5 cm³/mol. The Balaban J connectivity index is 2.99. The summed E-state index contributed by atoms with van der Waals surface area (Å²) in [7, 11) is 1.42. The van der Waals surface area contributed by atoms with Gasteiger partial charge in [-0.25, -0.2) is 0 Å². The van der Waals surface area contributed by atoms with Gasteiger partial charge in [0.2, 0.25) is 5.90 Å². The number of hydrogen-bond donors (Lipinski definition) is 0. The minimum atomic E-state index is -0.478. The van der Waals surface area contributed by atoms with Crippen LogP contribution in [0.2, 0.25) is 0 Å². The summed E-state index contributed by atoms with van der Waals surface area (Å²) >= 11 is 5.23. The summed E-state index contributed by atoms with van der Waals surface area (Å²) in [5.74, 6) is 0.224. The number of nitrogens with zero attached hydrogens (tertiary/aromatic N) is 2. The monoisotopic (exact) mass is 214 g/mol. The van der Waals surface area contributed by atoms with E-state index in [1.165, 1.54) is 31.4 Å². The maximum absolute atomic E-state index is 10.3. The average Bonchev–Trinajstić information content (AvgIpc) is 2.20. The summed E-state index contributed by atoms with van der Waals surface area (Å²) in [5, 5.41) is 10.3. The molecular weight excluding hydrogens is 208 g/mol. The first-order valence-corrected chi connectivity index (χ1v) is 4.00. The number of benzene rings is 1. The fourth-order valence-corrected chi connectivity index (χ4v) is 1.09. The number of rotatable bonds is 2. The fourth-order valence-electron chi connectivity index (χ4n) is 0.927. The van der Waals surface area contributed by atoms with Gasteiger partial charge in [0.1, 0.15) is 0 Å². The van der Waals surface area contributed by atoms with Crippen LogP contribution < -0.4 is 0 Å². The van der Waals surface area contributed by atoms with Crippen molar-refractivity contribution in [2.24, 2.45) is 4.51 Å². The van der Waals surface area contributed by atoms with Crippen LogP contribution in [0.4, 0.5) is 5.69 Å². The van der Waals surface area contributed by atoms with Gasteiger partial charge in [0.15, 0.2) is 0 Å². The normalized spacial score (nSPS) is 11.1. The number of non-ortho nitro benzene ring substituents is 1. The van der Waals surface area contributed by atoms with Crippen molar-refractivity contribution in [2.75, 3.05) is 7.11 Å². The molecule has 1 aromatic carbocycles. The first-order valence-electron chi connectivity index (χ1n) is 3.67. The zero-order valence-electron chi connectivity index (χ0n) is 7.31. The maximum Gasteiger partial charge on any atom is 0.269 e. The number of ether oxygens (including phenoxy) is 1. The Morgan fingerprint density at radius 3 is 2.43 bits per heavy atom. The van der Waals surface area contributed by atoms with E-state index in [0.29, 0.717) is 5.56 Å². The van der Waals surface area contributed by atoms with E-state index in [-0.39, 0.29) is 11.6 Å². The van der Waals surface area contributed by atoms with Gasteiger partial charge in [0.05, 0.1) is 12.0 Å². The van der Waals surface area contributed by atoms with Crippen LogP contribution >= 0.6 is 11.8 Å². The quantitative estimate of drug-likeness (QED) is 0.328. The summed E-state index contributed by atoms with van der Waals surface area (Å²) in [6, 6.07) is 5.75. The zero-order valence-corrected chi connectivity index (χ0v) is 8.06. The van der Waals surface area contributed by atoms with E-state index < -0.39 is 4.92 Å². The van der Waals surface area contributed by atoms with Crippen LogP contribution in [-0.2, 0) is 4.74 Å². The number of nitro groups is 1. The molecular formula is C8H7ClN2O3. The highest BCUT2D eigenvalue weighted by Crippen LogP contribution is 2.13. The number of halogens is 1. The zero-order chi connectivity index (χ0) is 10.6. The second kappa shape index (κ2) is 4.57. The molecule has 1 rings (SSSR count). The summed E-state index contributed by atoms with van der Waals surface area (Å²) in [6.45, 7) is 0. The summed E-state index contributed by atoms with van der Waals surface area (Å²) in [6.07, 6.45) is 0. The van der Waals surface area contributed by atoms with Crippen LogP contribution in [-0.4, -0.2) is 17.9 Å². The Hall–Kier alpha value is -1.62. The highest BCUT2D eigenvalue weighted by atomic mass is 35.5. The minimum Gasteiger partial charge on any atom is -0.480 e. The lowest BCUT2D eigenvalue weighted by molar-refractivity contribution is -0.384. The Labute approximate surface area is 85.2 Å². The van der Waals surface area contributed by atoms with E-state index in [1.54, 1.807) is 0 Å². The Kier molecular flexibility index (Phi) is 3.41. The molecule has 0 aromatic heterocycles. The first-order chi connectivity index (χ1) is 6.69. The molecule has 0 aliphatic rings. The number of methoxy groups -OCH3 is 1. The lowest BCUT2D eigenvalue weighted by atomic mass is 10.2. The van der Waals surface area contributed by atoms with Crippen LogP contribution in [0.1, 0.15) is 5.56 Å². The van der Waals surface area contributed by atoms with Crippen LogP contribution in [0.3, 0.4) is 0 Å². The molecule has 0 amide bonds. The molecule has 1 aromatic rings. The molecule has 0 heterocycles. The van der Waals surface area contributed by atoms with E-state index in [9.17, 15) is 10.1 Å². The summed E-state index contributed by atoms with van der Waals surface area (Å²) < 4.78 is 8.18. The van der Waals surface area contributed by atoms with E-state index in [2.05, 4.69) is 4.51 Å². The van der Waals surface area contributed by atoms with Crippen LogP contribution in [0.25, 0.3) is 0 Å². The van der Waals surface area contributed by atoms with E-state index in [0.717, 1.165) is 0 Å². The van der Waals surface area contributed by atoms with Gasteiger partial charge in [-0.3, -0.25) is 10.1 Å². The van der Waals surface area contributed by atoms with Crippen molar-refractivity contribution in [2.45, 2.75) is 0 Å². The first kappa shape index (κ1) is 10.5. The molecule has 6 heteroatoms. The van der Waals surface area contributed by atoms with Gasteiger partial charge in [-0.05, 0) is 12.1 Å². The van der Waals surface area contributed by atoms with Gasteiger partial charge < -0.3 is 4.74 Å². The Morgan fingerprint density at radius 1 is 1.50 bits per heavy atom. The van der Waals surface area contributed by atoms with Crippen molar-refractivity contribution in [3.05, 3.63) is 39.9 Å². The van der Waals surface area contributed by atoms with Crippen molar-refractivity contribution >= 4 is 23.4 Å². The van der Waals surface area contributed by atoms with Gasteiger partial charge in [-0.15, -0.1) is 4.51 Å². The molecule has 0 aliphatic heterocycles. The smallest absolute Gasteiger partial charge is 0.269 e. The molecule has 0 bridgehead atoms. The SMILES string of the molecule is CO/C(=N/Cl)c1ccc([N+](=O)[O-])cc1. The molecule has 14 heavy (non-hydrogen) atoms. The van der Waals surface area contributed by atoms with Crippen LogP contribution in [0.15, 0.2) is 28.8 Å². The Morgan fingerprint density at radius 2 is 2.07 bits per heavy atom. The number of nitro benzene ring substituents is 1. The van der Waals surface area contributed by atoms with Crippen LogP contribution in [0, 0.1) is 10.1 Å². The van der Waals surface area contributed by atoms with Crippen molar-refractivity contribution in [3.8, 4) is 0 Å². The predicted octanol–water partition coefficient (Wildman–Crippen LogP) is 2.14. The van der Waals surface area contributed by atoms with E-state index in [4.69, 9.17) is 16.5 Å².